The number of ether oxygens (including phenoxy) is 3. The molecule has 2 saturated heterocycles. The maximum absolute atomic E-state index is 15.1. The van der Waals surface area contributed by atoms with E-state index in [9.17, 15) is 24.6 Å². The van der Waals surface area contributed by atoms with Gasteiger partial charge in [-0.15, -0.1) is 0 Å². The van der Waals surface area contributed by atoms with Crippen LogP contribution in [0.25, 0.3) is 22.3 Å². The lowest BCUT2D eigenvalue weighted by Gasteiger charge is -2.32. The number of nitrogen functional groups attached to an aromatic ring is 1. The number of aryl methyl sites for hydroxylation is 1. The van der Waals surface area contributed by atoms with Gasteiger partial charge in [0.25, 0.3) is 5.56 Å². The minimum absolute atomic E-state index is 0.0443. The summed E-state index contributed by atoms with van der Waals surface area (Å²) in [5.74, 6) is -3.14. The van der Waals surface area contributed by atoms with Gasteiger partial charge in [0.05, 0.1) is 55.5 Å². The lowest BCUT2D eigenvalue weighted by molar-refractivity contribution is -0.161. The third-order valence-corrected chi connectivity index (χ3v) is 16.2. The van der Waals surface area contributed by atoms with Crippen molar-refractivity contribution in [2.45, 2.75) is 91.6 Å². The number of nitrogens with zero attached hydrogens (tertiary/aromatic N) is 7. The molecule has 0 aromatic carbocycles. The summed E-state index contributed by atoms with van der Waals surface area (Å²) in [4.78, 5) is 62.4. The second-order valence-electron chi connectivity index (χ2n) is 17.9. The van der Waals surface area contributed by atoms with E-state index in [1.807, 2.05) is 0 Å². The fraction of sp³-hybridized carbons (Fsp3) is 0.667. The van der Waals surface area contributed by atoms with E-state index < -0.39 is 129 Å². The molecule has 2 aliphatic heterocycles. The number of hydrogen-bond acceptors (Lipinski definition) is 22. The number of esters is 2. The molecule has 0 amide bonds. The van der Waals surface area contributed by atoms with Gasteiger partial charge in [0.1, 0.15) is 41.9 Å². The highest BCUT2D eigenvalue weighted by atomic mass is 32.7. The largest absolute Gasteiger partial charge is 0.478 e. The van der Waals surface area contributed by atoms with E-state index in [0.717, 1.165) is 0 Å². The van der Waals surface area contributed by atoms with E-state index in [0.29, 0.717) is 11.4 Å². The number of hydrogen-bond donors (Lipinski definition) is 4. The van der Waals surface area contributed by atoms with Gasteiger partial charge in [-0.2, -0.15) is 0 Å². The number of phosphoric ester groups is 1. The monoisotopic (exact) mass is 941 g/mol. The highest BCUT2D eigenvalue weighted by molar-refractivity contribution is 8.55. The molecule has 1 unspecified atom stereocenters. The Bertz CT molecular complexity index is 2580. The van der Waals surface area contributed by atoms with E-state index in [1.165, 1.54) is 23.5 Å². The molecule has 5 N–H and O–H groups in total. The summed E-state index contributed by atoms with van der Waals surface area (Å²) in [6.45, 7) is 4.10. The maximum Gasteiger partial charge on any atom is 0.478 e. The number of phosphoric acid groups is 1. The number of anilines is 1. The predicted octanol–water partition coefficient (Wildman–Crippen LogP) is 3.15. The highest BCUT2D eigenvalue weighted by Crippen LogP contribution is 2.74. The molecule has 8 rings (SSSR count). The number of aromatic amines is 1. The zero-order valence-corrected chi connectivity index (χ0v) is 37.9. The number of aromatic nitrogens is 8. The van der Waals surface area contributed by atoms with E-state index in [2.05, 4.69) is 29.9 Å². The maximum atomic E-state index is 15.1. The molecule has 6 heterocycles. The molecule has 2 bridgehead atoms. The number of rotatable bonds is 9. The summed E-state index contributed by atoms with van der Waals surface area (Å²) in [5.41, 5.74) is 2.91. The standard InChI is InChI=1S/C36H49N9O15P2S/c1-17-42-29-22(30(48)43-17)41-14-45(29)31-25-18(9-46)20(58-31)10-55-62(52,63-16-54-33(50)35(5,6)7)60-26-24(47)23(44-13-40-21-27(37)38-12-39-28(21)44)19-8-36(19,26)11-56-61(51,59-25)57-15-53-32(49)34(2,3)4/h12-14,18-20,23-26,31,46-47H,8-11,15-16H2,1-7H3,(H2,37,38,39)(H,42,43,48)/t18-,19-,20-,23-,24+,25-,26+,31-,36?,61-,62+/m1/s1. The van der Waals surface area contributed by atoms with Crippen LogP contribution < -0.4 is 11.3 Å². The second-order valence-corrected chi connectivity index (χ2v) is 23.5. The Balaban J connectivity index is 1.21. The number of aliphatic hydroxyl groups excluding tert-OH is 2. The Kier molecular flexibility index (Phi) is 12.0. The van der Waals surface area contributed by atoms with Crippen LogP contribution >= 0.6 is 26.0 Å². The minimum Gasteiger partial charge on any atom is -0.454 e. The van der Waals surface area contributed by atoms with E-state index >= 15 is 9.13 Å². The lowest BCUT2D eigenvalue weighted by Crippen LogP contribution is -2.38. The van der Waals surface area contributed by atoms with Crippen molar-refractivity contribution in [3.63, 3.8) is 0 Å². The van der Waals surface area contributed by atoms with Crippen LogP contribution in [0.1, 0.15) is 66.1 Å². The van der Waals surface area contributed by atoms with Crippen LogP contribution in [0.4, 0.5) is 5.82 Å². The van der Waals surface area contributed by atoms with Crippen LogP contribution in [0.5, 0.6) is 0 Å². The van der Waals surface area contributed by atoms with E-state index in [4.69, 9.17) is 42.6 Å². The second kappa shape index (κ2) is 16.5. The molecule has 11 atom stereocenters. The third kappa shape index (κ3) is 8.58. The molecule has 4 aromatic rings. The quantitative estimate of drug-likeness (QED) is 0.106. The fourth-order valence-corrected chi connectivity index (χ4v) is 12.2. The van der Waals surface area contributed by atoms with Crippen molar-refractivity contribution >= 4 is 66.1 Å². The summed E-state index contributed by atoms with van der Waals surface area (Å²) in [5, 5.41) is 23.1. The first-order valence-electron chi connectivity index (χ1n) is 19.9. The van der Waals surface area contributed by atoms with Gasteiger partial charge >= 0.3 is 26.6 Å². The van der Waals surface area contributed by atoms with Gasteiger partial charge in [0.2, 0.25) is 6.79 Å². The lowest BCUT2D eigenvalue weighted by atomic mass is 9.98. The molecule has 24 nitrogen and oxygen atoms in total. The average Bonchev–Trinajstić information content (AvgIpc) is 3.49. The van der Waals surface area contributed by atoms with Gasteiger partial charge in [0.15, 0.2) is 28.9 Å². The molecule has 4 fully saturated rings. The van der Waals surface area contributed by atoms with Crippen LogP contribution in [-0.2, 0) is 55.5 Å². The van der Waals surface area contributed by atoms with Gasteiger partial charge in [-0.25, -0.2) is 38.6 Å². The van der Waals surface area contributed by atoms with Crippen molar-refractivity contribution in [1.29, 1.82) is 0 Å². The van der Waals surface area contributed by atoms with Crippen molar-refractivity contribution in [3.8, 4) is 0 Å². The van der Waals surface area contributed by atoms with Gasteiger partial charge in [-0.3, -0.25) is 37.0 Å². The Morgan fingerprint density at radius 1 is 1.00 bits per heavy atom. The predicted molar refractivity (Wildman–Crippen MR) is 219 cm³/mol. The Labute approximate surface area is 363 Å². The topological polar surface area (TPSA) is 316 Å². The summed E-state index contributed by atoms with van der Waals surface area (Å²) >= 11 is 0.545. The highest BCUT2D eigenvalue weighted by Gasteiger charge is 2.74. The van der Waals surface area contributed by atoms with Crippen LogP contribution in [0.3, 0.4) is 0 Å². The third-order valence-electron chi connectivity index (χ3n) is 11.5. The Morgan fingerprint density at radius 2 is 1.70 bits per heavy atom. The molecule has 0 radical (unpaired) electrons. The van der Waals surface area contributed by atoms with Gasteiger partial charge in [-0.1, -0.05) is 0 Å². The summed E-state index contributed by atoms with van der Waals surface area (Å²) < 4.78 is 81.0. The number of imidazole rings is 2. The van der Waals surface area contributed by atoms with Crippen LogP contribution in [0.2, 0.25) is 0 Å². The van der Waals surface area contributed by atoms with Crippen LogP contribution in [-0.4, -0.2) is 118 Å². The zero-order valence-electron chi connectivity index (χ0n) is 35.3. The first kappa shape index (κ1) is 45.7. The summed E-state index contributed by atoms with van der Waals surface area (Å²) in [7, 11) is -4.95. The Morgan fingerprint density at radius 3 is 2.41 bits per heavy atom. The van der Waals surface area contributed by atoms with Gasteiger partial charge in [-0.05, 0) is 60.8 Å². The minimum atomic E-state index is -4.95. The van der Waals surface area contributed by atoms with E-state index in [1.54, 1.807) is 53.0 Å². The first-order chi connectivity index (χ1) is 29.6. The molecular weight excluding hydrogens is 892 g/mol. The number of carbonyl (C=O) groups is 2. The smallest absolute Gasteiger partial charge is 0.454 e. The normalized spacial score (nSPS) is 33.5. The SMILES string of the molecule is Cc1nc2c(ncn2[C@@H]2O[C@@H]3CO[P@](=O)(SCOC(=O)C(C)(C)C)O[C@H]4[C@@H](O)[C@H](n5cnc6c(N)ncnc65)[C@H]5CC54CO[P@](=O)(OCOC(=O)C(C)(C)C)O[C@@H]2[C@@H]3CO)c(=O)[nH]1. The van der Waals surface area contributed by atoms with Crippen molar-refractivity contribution in [2.75, 3.05) is 38.3 Å². The molecule has 344 valence electrons. The molecule has 2 saturated carbocycles. The number of carbonyl (C=O) groups excluding carboxylic acids is 2. The van der Waals surface area contributed by atoms with Crippen molar-refractivity contribution in [3.05, 3.63) is 35.2 Å². The molecule has 4 aromatic heterocycles. The van der Waals surface area contributed by atoms with Gasteiger partial charge < -0.3 is 39.7 Å². The van der Waals surface area contributed by atoms with Crippen molar-refractivity contribution < 1.29 is 65.8 Å². The van der Waals surface area contributed by atoms with E-state index in [-0.39, 0.29) is 40.4 Å². The molecule has 63 heavy (non-hydrogen) atoms. The molecular formula is C36H49N9O15P2S. The van der Waals surface area contributed by atoms with Gasteiger partial charge in [0, 0.05) is 22.7 Å². The number of fused-ring (bicyclic) bond motifs is 4. The van der Waals surface area contributed by atoms with Crippen LogP contribution in [0.15, 0.2) is 23.8 Å². The first-order valence-corrected chi connectivity index (χ1v) is 24.5. The van der Waals surface area contributed by atoms with Crippen LogP contribution in [0, 0.1) is 35.0 Å². The molecule has 4 aliphatic rings. The summed E-state index contributed by atoms with van der Waals surface area (Å²) in [6, 6.07) is -0.853. The Hall–Kier alpha value is -3.87. The number of nitrogens with one attached hydrogen (secondary N) is 1. The molecule has 27 heteroatoms. The molecule has 1 spiro atoms. The zero-order chi connectivity index (χ0) is 45.4. The number of aliphatic hydroxyl groups is 2. The van der Waals surface area contributed by atoms with Crippen molar-refractivity contribution in [2.24, 2.45) is 28.1 Å². The number of nitrogens with two attached hydrogens (primary N) is 1. The fourth-order valence-electron chi connectivity index (χ4n) is 8.07. The molecule has 2 aliphatic carbocycles. The van der Waals surface area contributed by atoms with Crippen molar-refractivity contribution in [1.82, 2.24) is 39.0 Å². The number of H-pyrrole nitrogens is 1. The summed E-state index contributed by atoms with van der Waals surface area (Å²) in [6.07, 6.45) is -2.73. The average molecular weight is 942 g/mol.